The number of hydrogen-bond donors (Lipinski definition) is 3. The van der Waals surface area contributed by atoms with E-state index in [1.165, 1.54) is 13.3 Å². The number of aliphatic hydroxyl groups excluding tert-OH is 2. The van der Waals surface area contributed by atoms with Crippen molar-refractivity contribution in [2.24, 2.45) is 5.92 Å². The van der Waals surface area contributed by atoms with Gasteiger partial charge in [0.15, 0.2) is 0 Å². The number of rotatable bonds is 18. The zero-order valence-corrected chi connectivity index (χ0v) is 32.0. The number of halogens is 2. The number of piperidine rings is 1. The van der Waals surface area contributed by atoms with Crippen molar-refractivity contribution in [2.45, 2.75) is 52.0 Å². The molecular formula is C41H46Cl2N4O7. The van der Waals surface area contributed by atoms with E-state index in [0.717, 1.165) is 72.3 Å². The smallest absolute Gasteiger partial charge is 0.308 e. The molecule has 286 valence electrons. The van der Waals surface area contributed by atoms with Crippen LogP contribution < -0.4 is 19.5 Å². The molecule has 0 aliphatic carbocycles. The number of methoxy groups -OCH3 is 1. The molecule has 1 saturated heterocycles. The molecule has 4 aromatic rings. The zero-order chi connectivity index (χ0) is 38.5. The number of carbonyl (C=O) groups is 1. The van der Waals surface area contributed by atoms with Gasteiger partial charge in [0.05, 0.1) is 48.0 Å². The number of hydrogen-bond acceptors (Lipinski definition) is 11. The van der Waals surface area contributed by atoms with Crippen molar-refractivity contribution in [1.29, 1.82) is 5.26 Å². The predicted octanol–water partition coefficient (Wildman–Crippen LogP) is 6.49. The fraction of sp³-hybridized carbons (Fsp3) is 0.390. The van der Waals surface area contributed by atoms with Crippen molar-refractivity contribution in [3.63, 3.8) is 0 Å². The summed E-state index contributed by atoms with van der Waals surface area (Å²) in [6.45, 7) is 5.66. The second-order valence-corrected chi connectivity index (χ2v) is 14.0. The molecule has 3 aromatic carbocycles. The van der Waals surface area contributed by atoms with Gasteiger partial charge in [0.2, 0.25) is 0 Å². The van der Waals surface area contributed by atoms with Crippen LogP contribution >= 0.6 is 23.2 Å². The van der Waals surface area contributed by atoms with E-state index in [-0.39, 0.29) is 38.3 Å². The van der Waals surface area contributed by atoms with Crippen molar-refractivity contribution >= 4 is 29.2 Å². The van der Waals surface area contributed by atoms with Crippen LogP contribution in [0.1, 0.15) is 47.1 Å². The Hall–Kier alpha value is -4.41. The lowest BCUT2D eigenvalue weighted by molar-refractivity contribution is -0.147. The number of aromatic nitrogens is 1. The molecule has 11 nitrogen and oxygen atoms in total. The first-order valence-electron chi connectivity index (χ1n) is 17.9. The highest BCUT2D eigenvalue weighted by molar-refractivity contribution is 6.35. The van der Waals surface area contributed by atoms with Crippen molar-refractivity contribution in [1.82, 2.24) is 15.2 Å². The third kappa shape index (κ3) is 11.1. The summed E-state index contributed by atoms with van der Waals surface area (Å²) in [7, 11) is 1.45. The highest BCUT2D eigenvalue weighted by atomic mass is 35.5. The first-order chi connectivity index (χ1) is 26.2. The largest absolute Gasteiger partial charge is 0.492 e. The van der Waals surface area contributed by atoms with Crippen LogP contribution in [-0.2, 0) is 29.3 Å². The van der Waals surface area contributed by atoms with Crippen LogP contribution in [0.3, 0.4) is 0 Å². The molecule has 54 heavy (non-hydrogen) atoms. The lowest BCUT2D eigenvalue weighted by Crippen LogP contribution is -2.37. The Balaban J connectivity index is 1.24. The van der Waals surface area contributed by atoms with E-state index >= 15 is 0 Å². The molecule has 1 aromatic heterocycles. The Bertz CT molecular complexity index is 1910. The quantitative estimate of drug-likeness (QED) is 0.0753. The lowest BCUT2D eigenvalue weighted by atomic mass is 9.96. The topological polar surface area (TPSA) is 146 Å². The SMILES string of the molecule is COC(=O)C1CCN(CCCOc2cccc(-c3cccc(COc4cc(OCc5cncc(C#N)c5)c(CNC[C@H](O)CO)cc4Cl)c3C)c2Cl)CC1. The second kappa shape index (κ2) is 20.3. The van der Waals surface area contributed by atoms with E-state index in [9.17, 15) is 20.3 Å². The van der Waals surface area contributed by atoms with E-state index < -0.39 is 6.10 Å². The molecule has 1 fully saturated rings. The monoisotopic (exact) mass is 776 g/mol. The highest BCUT2D eigenvalue weighted by Gasteiger charge is 2.25. The number of carbonyl (C=O) groups excluding carboxylic acids is 1. The number of nitriles is 1. The minimum Gasteiger partial charge on any atom is -0.492 e. The van der Waals surface area contributed by atoms with E-state index in [4.69, 9.17) is 42.1 Å². The van der Waals surface area contributed by atoms with Crippen molar-refractivity contribution in [3.05, 3.63) is 105 Å². The van der Waals surface area contributed by atoms with Crippen LogP contribution in [-0.4, -0.2) is 78.7 Å². The van der Waals surface area contributed by atoms with E-state index in [1.54, 1.807) is 24.4 Å². The second-order valence-electron chi connectivity index (χ2n) is 13.2. The number of esters is 1. The minimum absolute atomic E-state index is 0.00709. The molecule has 0 bridgehead atoms. The van der Waals surface area contributed by atoms with Crippen molar-refractivity contribution in [2.75, 3.05) is 46.5 Å². The zero-order valence-electron chi connectivity index (χ0n) is 30.5. The Morgan fingerprint density at radius 2 is 1.76 bits per heavy atom. The van der Waals surface area contributed by atoms with Crippen LogP contribution in [0.25, 0.3) is 11.1 Å². The van der Waals surface area contributed by atoms with Gasteiger partial charge in [-0.25, -0.2) is 0 Å². The first kappa shape index (κ1) is 40.8. The normalized spacial score (nSPS) is 13.9. The van der Waals surface area contributed by atoms with Gasteiger partial charge in [0, 0.05) is 54.8 Å². The van der Waals surface area contributed by atoms with Crippen LogP contribution in [0.4, 0.5) is 0 Å². The van der Waals surface area contributed by atoms with Crippen LogP contribution in [0.15, 0.2) is 67.0 Å². The molecule has 0 saturated carbocycles. The van der Waals surface area contributed by atoms with E-state index in [0.29, 0.717) is 46.0 Å². The Morgan fingerprint density at radius 1 is 1.00 bits per heavy atom. The number of likely N-dealkylation sites (tertiary alicyclic amines) is 1. The fourth-order valence-corrected chi connectivity index (χ4v) is 6.86. The van der Waals surface area contributed by atoms with Crippen molar-refractivity contribution in [3.8, 4) is 34.4 Å². The first-order valence-corrected chi connectivity index (χ1v) is 18.7. The van der Waals surface area contributed by atoms with Gasteiger partial charge >= 0.3 is 5.97 Å². The Labute approximate surface area is 326 Å². The van der Waals surface area contributed by atoms with Crippen LogP contribution in [0.5, 0.6) is 17.2 Å². The summed E-state index contributed by atoms with van der Waals surface area (Å²) in [4.78, 5) is 18.3. The van der Waals surface area contributed by atoms with E-state index in [2.05, 4.69) is 21.3 Å². The minimum atomic E-state index is -0.906. The Morgan fingerprint density at radius 3 is 2.52 bits per heavy atom. The van der Waals surface area contributed by atoms with Crippen LogP contribution in [0.2, 0.25) is 10.0 Å². The van der Waals surface area contributed by atoms with Gasteiger partial charge in [0.1, 0.15) is 36.5 Å². The molecule has 0 amide bonds. The number of aliphatic hydroxyl groups is 2. The molecule has 3 N–H and O–H groups in total. The maximum absolute atomic E-state index is 11.8. The van der Waals surface area contributed by atoms with Gasteiger partial charge in [-0.2, -0.15) is 5.26 Å². The number of pyridine rings is 1. The van der Waals surface area contributed by atoms with Gasteiger partial charge in [-0.1, -0.05) is 53.5 Å². The van der Waals surface area contributed by atoms with Gasteiger partial charge in [-0.05, 0) is 74.2 Å². The molecule has 0 radical (unpaired) electrons. The fourth-order valence-electron chi connectivity index (χ4n) is 6.33. The molecule has 1 atom stereocenters. The van der Waals surface area contributed by atoms with Gasteiger partial charge < -0.3 is 39.4 Å². The number of nitrogens with one attached hydrogen (secondary N) is 1. The standard InChI is InChI=1S/C41H46Cl2N4O7/c1-27-31(6-3-7-34(27)35-8-4-9-37(40(35)43)52-15-5-12-47-13-10-30(11-14-47)41(50)51-2)26-54-39-18-38(53-25-29-16-28(19-44)20-45-21-29)32(17-36(39)42)22-46-23-33(49)24-48/h3-4,6-9,16-18,20-21,30,33,46,48-49H,5,10-15,22-26H2,1-2H3/t33-/m0/s1. The molecule has 0 spiro atoms. The third-order valence-electron chi connectivity index (χ3n) is 9.42. The summed E-state index contributed by atoms with van der Waals surface area (Å²) in [5.74, 6) is 1.41. The molecule has 13 heteroatoms. The van der Waals surface area contributed by atoms with Gasteiger partial charge in [-0.15, -0.1) is 0 Å². The summed E-state index contributed by atoms with van der Waals surface area (Å²) < 4.78 is 23.5. The van der Waals surface area contributed by atoms with Gasteiger partial charge in [-0.3, -0.25) is 9.78 Å². The maximum Gasteiger partial charge on any atom is 0.308 e. The molecule has 2 heterocycles. The highest BCUT2D eigenvalue weighted by Crippen LogP contribution is 2.39. The summed E-state index contributed by atoms with van der Waals surface area (Å²) in [5.41, 5.74) is 5.60. The van der Waals surface area contributed by atoms with Gasteiger partial charge in [0.25, 0.3) is 0 Å². The average Bonchev–Trinajstić information content (AvgIpc) is 3.19. The molecule has 5 rings (SSSR count). The summed E-state index contributed by atoms with van der Waals surface area (Å²) in [6.07, 6.45) is 4.68. The molecule has 1 aliphatic heterocycles. The number of ether oxygens (including phenoxy) is 4. The van der Waals surface area contributed by atoms with E-state index in [1.807, 2.05) is 43.3 Å². The number of nitrogens with zero attached hydrogens (tertiary/aromatic N) is 3. The third-order valence-corrected chi connectivity index (χ3v) is 10.1. The van der Waals surface area contributed by atoms with Crippen molar-refractivity contribution < 1.29 is 34.0 Å². The average molecular weight is 778 g/mol. The summed E-state index contributed by atoms with van der Waals surface area (Å²) in [5, 5.41) is 32.3. The number of benzene rings is 3. The molecular weight excluding hydrogens is 731 g/mol. The Kier molecular flexibility index (Phi) is 15.3. The van der Waals surface area contributed by atoms with Crippen LogP contribution in [0, 0.1) is 24.2 Å². The summed E-state index contributed by atoms with van der Waals surface area (Å²) >= 11 is 13.7. The lowest BCUT2D eigenvalue weighted by Gasteiger charge is -2.30. The predicted molar refractivity (Wildman–Crippen MR) is 207 cm³/mol. The summed E-state index contributed by atoms with van der Waals surface area (Å²) in [6, 6.07) is 19.0. The molecule has 1 aliphatic rings. The maximum atomic E-state index is 11.8. The molecule has 0 unspecified atom stereocenters.